The summed E-state index contributed by atoms with van der Waals surface area (Å²) < 4.78 is 59.3. The van der Waals surface area contributed by atoms with E-state index in [0.717, 1.165) is 30.5 Å². The number of hydrogen-bond acceptors (Lipinski definition) is 1. The van der Waals surface area contributed by atoms with Crippen LogP contribution in [0.2, 0.25) is 0 Å². The first-order valence-corrected chi connectivity index (χ1v) is 7.25. The van der Waals surface area contributed by atoms with Gasteiger partial charge in [0.25, 0.3) is 0 Å². The average molecular weight is 322 g/mol. The van der Waals surface area contributed by atoms with E-state index in [4.69, 9.17) is 4.74 Å². The molecule has 120 valence electrons. The molecule has 2 aromatic rings. The first-order chi connectivity index (χ1) is 11.0. The van der Waals surface area contributed by atoms with Gasteiger partial charge in [-0.2, -0.15) is 0 Å². The van der Waals surface area contributed by atoms with Gasteiger partial charge in [0.2, 0.25) is 0 Å². The molecule has 0 aromatic heterocycles. The largest absolute Gasteiger partial charge is 0.498 e. The normalized spacial score (nSPS) is 17.6. The van der Waals surface area contributed by atoms with Gasteiger partial charge in [-0.1, -0.05) is 12.1 Å². The molecule has 1 aliphatic rings. The van der Waals surface area contributed by atoms with Crippen LogP contribution in [0.3, 0.4) is 0 Å². The SMILES string of the molecule is CC1CCC(c2ccc(-c3cc(F)c(F)c(F)c3)c(F)c2)=CO1. The Labute approximate surface area is 131 Å². The van der Waals surface area contributed by atoms with Crippen molar-refractivity contribution in [2.24, 2.45) is 0 Å². The van der Waals surface area contributed by atoms with Gasteiger partial charge in [-0.05, 0) is 54.7 Å². The number of benzene rings is 2. The third-order valence-electron chi connectivity index (χ3n) is 3.90. The van der Waals surface area contributed by atoms with Crippen LogP contribution in [0.25, 0.3) is 16.7 Å². The lowest BCUT2D eigenvalue weighted by Gasteiger charge is -2.20. The van der Waals surface area contributed by atoms with Gasteiger partial charge in [-0.3, -0.25) is 0 Å². The Bertz CT molecular complexity index is 760. The van der Waals surface area contributed by atoms with Gasteiger partial charge < -0.3 is 4.74 Å². The minimum Gasteiger partial charge on any atom is -0.498 e. The van der Waals surface area contributed by atoms with Crippen molar-refractivity contribution >= 4 is 5.57 Å². The molecule has 0 saturated carbocycles. The number of ether oxygens (including phenoxy) is 1. The minimum atomic E-state index is -1.57. The molecule has 1 heterocycles. The van der Waals surface area contributed by atoms with Crippen molar-refractivity contribution < 1.29 is 22.3 Å². The summed E-state index contributed by atoms with van der Waals surface area (Å²) in [6.45, 7) is 1.95. The fraction of sp³-hybridized carbons (Fsp3) is 0.222. The first-order valence-electron chi connectivity index (χ1n) is 7.25. The number of allylic oxidation sites excluding steroid dienone is 1. The quantitative estimate of drug-likeness (QED) is 0.528. The van der Waals surface area contributed by atoms with Crippen LogP contribution in [-0.2, 0) is 4.74 Å². The Kier molecular flexibility index (Phi) is 4.11. The summed E-state index contributed by atoms with van der Waals surface area (Å²) in [5, 5.41) is 0. The van der Waals surface area contributed by atoms with Crippen molar-refractivity contribution in [2.75, 3.05) is 0 Å². The molecule has 0 N–H and O–H groups in total. The van der Waals surface area contributed by atoms with Crippen LogP contribution in [-0.4, -0.2) is 6.10 Å². The van der Waals surface area contributed by atoms with Gasteiger partial charge >= 0.3 is 0 Å². The average Bonchev–Trinajstić information content (AvgIpc) is 2.53. The fourth-order valence-electron chi connectivity index (χ4n) is 2.56. The third-order valence-corrected chi connectivity index (χ3v) is 3.90. The molecule has 1 unspecified atom stereocenters. The van der Waals surface area contributed by atoms with Crippen molar-refractivity contribution in [3.05, 3.63) is 65.4 Å². The molecular weight excluding hydrogens is 308 g/mol. The Hall–Kier alpha value is -2.30. The summed E-state index contributed by atoms with van der Waals surface area (Å²) >= 11 is 0. The van der Waals surface area contributed by atoms with E-state index in [-0.39, 0.29) is 17.2 Å². The molecule has 1 aliphatic heterocycles. The monoisotopic (exact) mass is 322 g/mol. The van der Waals surface area contributed by atoms with Crippen molar-refractivity contribution in [3.8, 4) is 11.1 Å². The van der Waals surface area contributed by atoms with E-state index in [0.29, 0.717) is 5.56 Å². The van der Waals surface area contributed by atoms with Gasteiger partial charge in [-0.15, -0.1) is 0 Å². The molecule has 0 fully saturated rings. The van der Waals surface area contributed by atoms with Gasteiger partial charge in [0, 0.05) is 5.56 Å². The summed E-state index contributed by atoms with van der Waals surface area (Å²) in [5.74, 6) is -4.89. The lowest BCUT2D eigenvalue weighted by molar-refractivity contribution is 0.144. The van der Waals surface area contributed by atoms with Crippen molar-refractivity contribution in [3.63, 3.8) is 0 Å². The highest BCUT2D eigenvalue weighted by Crippen LogP contribution is 2.31. The Morgan fingerprint density at radius 2 is 1.57 bits per heavy atom. The molecule has 2 aromatic carbocycles. The highest BCUT2D eigenvalue weighted by Gasteiger charge is 2.17. The summed E-state index contributed by atoms with van der Waals surface area (Å²) in [4.78, 5) is 0. The third kappa shape index (κ3) is 3.09. The number of rotatable bonds is 2. The molecule has 23 heavy (non-hydrogen) atoms. The van der Waals surface area contributed by atoms with Crippen LogP contribution < -0.4 is 0 Å². The van der Waals surface area contributed by atoms with Crippen LogP contribution in [0, 0.1) is 23.3 Å². The lowest BCUT2D eigenvalue weighted by atomic mass is 9.96. The van der Waals surface area contributed by atoms with Gasteiger partial charge in [0.05, 0.1) is 12.4 Å². The number of halogens is 4. The molecule has 0 radical (unpaired) electrons. The van der Waals surface area contributed by atoms with E-state index >= 15 is 0 Å². The molecule has 0 saturated heterocycles. The molecule has 0 amide bonds. The summed E-state index contributed by atoms with van der Waals surface area (Å²) in [5.41, 5.74) is 1.48. The maximum Gasteiger partial charge on any atom is 0.194 e. The molecule has 1 nitrogen and oxygen atoms in total. The van der Waals surface area contributed by atoms with Crippen LogP contribution >= 0.6 is 0 Å². The van der Waals surface area contributed by atoms with E-state index in [9.17, 15) is 17.6 Å². The maximum atomic E-state index is 14.3. The Morgan fingerprint density at radius 1 is 0.913 bits per heavy atom. The Morgan fingerprint density at radius 3 is 2.13 bits per heavy atom. The topological polar surface area (TPSA) is 9.23 Å². The first kappa shape index (κ1) is 15.6. The summed E-state index contributed by atoms with van der Waals surface area (Å²) in [7, 11) is 0. The van der Waals surface area contributed by atoms with Gasteiger partial charge in [0.15, 0.2) is 17.5 Å². The van der Waals surface area contributed by atoms with Crippen molar-refractivity contribution in [1.29, 1.82) is 0 Å². The van der Waals surface area contributed by atoms with E-state index in [1.807, 2.05) is 6.92 Å². The smallest absolute Gasteiger partial charge is 0.194 e. The van der Waals surface area contributed by atoms with Crippen LogP contribution in [0.15, 0.2) is 36.6 Å². The highest BCUT2D eigenvalue weighted by atomic mass is 19.2. The summed E-state index contributed by atoms with van der Waals surface area (Å²) in [6, 6.07) is 5.93. The highest BCUT2D eigenvalue weighted by molar-refractivity contribution is 5.71. The maximum absolute atomic E-state index is 14.3. The van der Waals surface area contributed by atoms with Gasteiger partial charge in [0.1, 0.15) is 5.82 Å². The zero-order valence-corrected chi connectivity index (χ0v) is 12.4. The zero-order chi connectivity index (χ0) is 16.6. The molecule has 0 aliphatic carbocycles. The van der Waals surface area contributed by atoms with Crippen LogP contribution in [0.5, 0.6) is 0 Å². The molecule has 3 rings (SSSR count). The van der Waals surface area contributed by atoms with Crippen LogP contribution in [0.1, 0.15) is 25.3 Å². The number of hydrogen-bond donors (Lipinski definition) is 0. The second kappa shape index (κ2) is 6.07. The summed E-state index contributed by atoms with van der Waals surface area (Å²) in [6.07, 6.45) is 3.34. The molecule has 5 heteroatoms. The van der Waals surface area contributed by atoms with E-state index in [1.54, 1.807) is 12.3 Å². The van der Waals surface area contributed by atoms with E-state index in [2.05, 4.69) is 0 Å². The zero-order valence-electron chi connectivity index (χ0n) is 12.4. The molecule has 1 atom stereocenters. The Balaban J connectivity index is 1.97. The van der Waals surface area contributed by atoms with Crippen molar-refractivity contribution in [2.45, 2.75) is 25.9 Å². The van der Waals surface area contributed by atoms with Crippen LogP contribution in [0.4, 0.5) is 17.6 Å². The second-order valence-corrected chi connectivity index (χ2v) is 5.58. The van der Waals surface area contributed by atoms with Crippen molar-refractivity contribution in [1.82, 2.24) is 0 Å². The van der Waals surface area contributed by atoms with Gasteiger partial charge in [-0.25, -0.2) is 17.6 Å². The second-order valence-electron chi connectivity index (χ2n) is 5.58. The molecule has 0 spiro atoms. The fourth-order valence-corrected chi connectivity index (χ4v) is 2.56. The predicted octanol–water partition coefficient (Wildman–Crippen LogP) is 5.45. The van der Waals surface area contributed by atoms with E-state index in [1.165, 1.54) is 12.1 Å². The minimum absolute atomic E-state index is 0.0113. The predicted molar refractivity (Wildman–Crippen MR) is 79.5 cm³/mol. The molecule has 0 bridgehead atoms. The molecular formula is C18H14F4O. The lowest BCUT2D eigenvalue weighted by Crippen LogP contribution is -2.09. The standard InChI is InChI=1S/C18H14F4O/c1-10-2-3-12(9-23-10)11-4-5-14(15(19)6-11)13-7-16(20)18(22)17(21)8-13/h4-10H,2-3H2,1H3. The van der Waals surface area contributed by atoms with E-state index < -0.39 is 23.3 Å².